The SMILES string of the molecule is C=NC(CSc1nc2ccccc2[nH]1)=C(C)C(=CC)OCC(F)(F)F. The van der Waals surface area contributed by atoms with E-state index in [-0.39, 0.29) is 5.76 Å². The first-order valence-corrected chi connectivity index (χ1v) is 8.43. The van der Waals surface area contributed by atoms with Crippen LogP contribution in [0.2, 0.25) is 0 Å². The van der Waals surface area contributed by atoms with Crippen LogP contribution in [0.25, 0.3) is 11.0 Å². The minimum Gasteiger partial charge on any atom is -0.484 e. The molecule has 0 fully saturated rings. The molecule has 0 amide bonds. The molecule has 0 aliphatic heterocycles. The lowest BCUT2D eigenvalue weighted by molar-refractivity contribution is -0.164. The van der Waals surface area contributed by atoms with Crippen molar-refractivity contribution in [2.75, 3.05) is 12.4 Å². The molecule has 134 valence electrons. The van der Waals surface area contributed by atoms with Gasteiger partial charge in [0.05, 0.1) is 16.7 Å². The van der Waals surface area contributed by atoms with E-state index in [1.165, 1.54) is 17.8 Å². The highest BCUT2D eigenvalue weighted by Crippen LogP contribution is 2.26. The first-order chi connectivity index (χ1) is 11.8. The summed E-state index contributed by atoms with van der Waals surface area (Å²) in [5, 5.41) is 0.702. The molecule has 0 aliphatic rings. The van der Waals surface area contributed by atoms with Crippen molar-refractivity contribution in [3.63, 3.8) is 0 Å². The van der Waals surface area contributed by atoms with Crippen LogP contribution >= 0.6 is 11.8 Å². The Kier molecular flexibility index (Phi) is 6.30. The number of nitrogens with one attached hydrogen (secondary N) is 1. The highest BCUT2D eigenvalue weighted by Gasteiger charge is 2.29. The van der Waals surface area contributed by atoms with Gasteiger partial charge in [0.1, 0.15) is 5.76 Å². The number of H-pyrrole nitrogens is 1. The number of fused-ring (bicyclic) bond motifs is 1. The van der Waals surface area contributed by atoms with Crippen LogP contribution in [0, 0.1) is 0 Å². The summed E-state index contributed by atoms with van der Waals surface area (Å²) in [5.41, 5.74) is 2.83. The molecule has 0 saturated heterocycles. The van der Waals surface area contributed by atoms with Crippen LogP contribution in [-0.2, 0) is 4.74 Å². The summed E-state index contributed by atoms with van der Waals surface area (Å²) >= 11 is 1.40. The van der Waals surface area contributed by atoms with Gasteiger partial charge < -0.3 is 9.72 Å². The Balaban J connectivity index is 2.10. The molecule has 1 aromatic heterocycles. The van der Waals surface area contributed by atoms with Gasteiger partial charge in [-0.2, -0.15) is 13.2 Å². The van der Waals surface area contributed by atoms with E-state index < -0.39 is 12.8 Å². The molecule has 0 radical (unpaired) electrons. The molecule has 1 heterocycles. The quantitative estimate of drug-likeness (QED) is 0.319. The van der Waals surface area contributed by atoms with Crippen molar-refractivity contribution in [1.82, 2.24) is 9.97 Å². The third-order valence-corrected chi connectivity index (χ3v) is 4.24. The topological polar surface area (TPSA) is 50.3 Å². The average molecular weight is 369 g/mol. The van der Waals surface area contributed by atoms with Crippen molar-refractivity contribution >= 4 is 29.5 Å². The van der Waals surface area contributed by atoms with E-state index in [4.69, 9.17) is 4.74 Å². The third-order valence-electron chi connectivity index (χ3n) is 3.36. The number of nitrogens with zero attached hydrogens (tertiary/aromatic N) is 2. The minimum atomic E-state index is -4.39. The molecule has 0 unspecified atom stereocenters. The molecule has 0 saturated carbocycles. The van der Waals surface area contributed by atoms with Crippen molar-refractivity contribution in [2.24, 2.45) is 4.99 Å². The van der Waals surface area contributed by atoms with Gasteiger partial charge >= 0.3 is 6.18 Å². The van der Waals surface area contributed by atoms with Gasteiger partial charge in [0, 0.05) is 11.3 Å². The number of alkyl halides is 3. The maximum Gasteiger partial charge on any atom is 0.422 e. The van der Waals surface area contributed by atoms with Crippen molar-refractivity contribution in [3.8, 4) is 0 Å². The highest BCUT2D eigenvalue weighted by molar-refractivity contribution is 7.99. The molecule has 2 rings (SSSR count). The number of rotatable bonds is 7. The van der Waals surface area contributed by atoms with Crippen LogP contribution in [0.4, 0.5) is 13.2 Å². The van der Waals surface area contributed by atoms with Crippen LogP contribution in [0.3, 0.4) is 0 Å². The van der Waals surface area contributed by atoms with E-state index >= 15 is 0 Å². The van der Waals surface area contributed by atoms with E-state index in [1.807, 2.05) is 24.3 Å². The molecule has 0 spiro atoms. The predicted octanol–water partition coefficient (Wildman–Crippen LogP) is 5.11. The second-order valence-corrected chi connectivity index (χ2v) is 6.10. The summed E-state index contributed by atoms with van der Waals surface area (Å²) in [4.78, 5) is 11.6. The number of hydrogen-bond donors (Lipinski definition) is 1. The number of aliphatic imine (C=N–C) groups is 1. The summed E-state index contributed by atoms with van der Waals surface area (Å²) in [7, 11) is 0. The van der Waals surface area contributed by atoms with Crippen molar-refractivity contribution in [1.29, 1.82) is 0 Å². The lowest BCUT2D eigenvalue weighted by Crippen LogP contribution is -2.17. The maximum atomic E-state index is 12.3. The summed E-state index contributed by atoms with van der Waals surface area (Å²) in [6.07, 6.45) is -2.91. The fourth-order valence-electron chi connectivity index (χ4n) is 2.12. The molecule has 8 heteroatoms. The van der Waals surface area contributed by atoms with Gasteiger partial charge in [-0.1, -0.05) is 23.9 Å². The molecule has 2 aromatic rings. The largest absolute Gasteiger partial charge is 0.484 e. The number of benzene rings is 1. The number of aromatic amines is 1. The second-order valence-electron chi connectivity index (χ2n) is 5.13. The summed E-state index contributed by atoms with van der Waals surface area (Å²) in [5.74, 6) is 0.548. The lowest BCUT2D eigenvalue weighted by atomic mass is 10.2. The average Bonchev–Trinajstić information content (AvgIpc) is 2.97. The summed E-state index contributed by atoms with van der Waals surface area (Å²) in [6, 6.07) is 7.62. The standard InChI is InChI=1S/C17H18F3N3OS/c1-4-15(24-10-17(18,19)20)11(2)14(21-3)9-25-16-22-12-7-5-6-8-13(12)23-16/h4-8H,3,9-10H2,1-2H3,(H,22,23). The Hall–Kier alpha value is -2.22. The van der Waals surface area contributed by atoms with Gasteiger partial charge in [-0.25, -0.2) is 4.98 Å². The predicted molar refractivity (Wildman–Crippen MR) is 94.8 cm³/mol. The molecule has 0 bridgehead atoms. The van der Waals surface area contributed by atoms with Gasteiger partial charge in [-0.3, -0.25) is 4.99 Å². The summed E-state index contributed by atoms with van der Waals surface area (Å²) < 4.78 is 41.9. The molecule has 4 nitrogen and oxygen atoms in total. The first kappa shape index (κ1) is 19.1. The smallest absolute Gasteiger partial charge is 0.422 e. The minimum absolute atomic E-state index is 0.143. The van der Waals surface area contributed by atoms with Gasteiger partial charge in [0.15, 0.2) is 11.8 Å². The third kappa shape index (κ3) is 5.38. The number of ether oxygens (including phenoxy) is 1. The fraction of sp³-hybridized carbons (Fsp3) is 0.294. The van der Waals surface area contributed by atoms with Crippen LogP contribution < -0.4 is 0 Å². The maximum absolute atomic E-state index is 12.3. The normalized spacial score (nSPS) is 13.7. The van der Waals surface area contributed by atoms with E-state index in [0.29, 0.717) is 22.2 Å². The number of aromatic nitrogens is 2. The highest BCUT2D eigenvalue weighted by atomic mass is 32.2. The number of allylic oxidation sites excluding steroid dienone is 2. The molecule has 1 aromatic carbocycles. The number of thioether (sulfide) groups is 1. The molecule has 0 atom stereocenters. The molecular formula is C17H18F3N3OS. The monoisotopic (exact) mass is 369 g/mol. The number of imidazole rings is 1. The molecule has 0 aliphatic carbocycles. The van der Waals surface area contributed by atoms with Crippen LogP contribution in [0.5, 0.6) is 0 Å². The molecular weight excluding hydrogens is 351 g/mol. The zero-order chi connectivity index (χ0) is 18.4. The van der Waals surface area contributed by atoms with Gasteiger partial charge in [0.25, 0.3) is 0 Å². The Morgan fingerprint density at radius 3 is 2.72 bits per heavy atom. The number of halogens is 3. The zero-order valence-corrected chi connectivity index (χ0v) is 14.7. The Labute approximate surface area is 147 Å². The summed E-state index contributed by atoms with van der Waals surface area (Å²) in [6.45, 7) is 5.44. The lowest BCUT2D eigenvalue weighted by Gasteiger charge is -2.14. The van der Waals surface area contributed by atoms with Gasteiger partial charge in [-0.05, 0) is 38.8 Å². The number of hydrogen-bond acceptors (Lipinski definition) is 4. The second kappa shape index (κ2) is 8.24. The van der Waals surface area contributed by atoms with Crippen molar-refractivity contribution < 1.29 is 17.9 Å². The Bertz CT molecular complexity index is 776. The van der Waals surface area contributed by atoms with Gasteiger partial charge in [0.2, 0.25) is 0 Å². The van der Waals surface area contributed by atoms with Crippen LogP contribution in [-0.4, -0.2) is 35.2 Å². The first-order valence-electron chi connectivity index (χ1n) is 7.44. The molecule has 1 N–H and O–H groups in total. The fourth-order valence-corrected chi connectivity index (χ4v) is 3.04. The van der Waals surface area contributed by atoms with E-state index in [9.17, 15) is 13.2 Å². The molecule has 25 heavy (non-hydrogen) atoms. The van der Waals surface area contributed by atoms with E-state index in [2.05, 4.69) is 21.7 Å². The van der Waals surface area contributed by atoms with E-state index in [0.717, 1.165) is 11.0 Å². The zero-order valence-electron chi connectivity index (χ0n) is 13.9. The Morgan fingerprint density at radius 2 is 2.12 bits per heavy atom. The number of para-hydroxylation sites is 2. The Morgan fingerprint density at radius 1 is 1.40 bits per heavy atom. The van der Waals surface area contributed by atoms with Crippen molar-refractivity contribution in [3.05, 3.63) is 47.4 Å². The van der Waals surface area contributed by atoms with Crippen LogP contribution in [0.15, 0.2) is 57.5 Å². The van der Waals surface area contributed by atoms with Gasteiger partial charge in [-0.15, -0.1) is 0 Å². The van der Waals surface area contributed by atoms with Crippen molar-refractivity contribution in [2.45, 2.75) is 25.2 Å². The van der Waals surface area contributed by atoms with Crippen LogP contribution in [0.1, 0.15) is 13.8 Å². The van der Waals surface area contributed by atoms with E-state index in [1.54, 1.807) is 13.8 Å².